The molecule has 0 radical (unpaired) electrons. The number of nitrogens with zero attached hydrogens (tertiary/aromatic N) is 3. The van der Waals surface area contributed by atoms with Crippen LogP contribution in [0.3, 0.4) is 0 Å². The van der Waals surface area contributed by atoms with Gasteiger partial charge in [-0.25, -0.2) is 15.0 Å². The molecule has 0 saturated carbocycles. The van der Waals surface area contributed by atoms with Crippen molar-refractivity contribution in [1.82, 2.24) is 15.0 Å². The zero-order chi connectivity index (χ0) is 12.4. The van der Waals surface area contributed by atoms with Crippen molar-refractivity contribution in [3.8, 4) is 17.1 Å². The summed E-state index contributed by atoms with van der Waals surface area (Å²) in [5, 5.41) is 0. The molecule has 0 aliphatic carbocycles. The molecule has 0 fully saturated rings. The van der Waals surface area contributed by atoms with Crippen molar-refractivity contribution in [1.29, 1.82) is 0 Å². The van der Waals surface area contributed by atoms with E-state index in [1.807, 2.05) is 26.0 Å². The maximum absolute atomic E-state index is 5.60. The molecule has 0 atom stereocenters. The number of hydrogen-bond donors (Lipinski definition) is 1. The third-order valence-corrected chi connectivity index (χ3v) is 2.43. The Labute approximate surface area is 99.7 Å². The van der Waals surface area contributed by atoms with Gasteiger partial charge in [0.1, 0.15) is 17.1 Å². The summed E-state index contributed by atoms with van der Waals surface area (Å²) in [6.07, 6.45) is 1.68. The van der Waals surface area contributed by atoms with Crippen molar-refractivity contribution in [2.45, 2.75) is 13.8 Å². The van der Waals surface area contributed by atoms with Gasteiger partial charge in [-0.15, -0.1) is 0 Å². The highest BCUT2D eigenvalue weighted by Crippen LogP contribution is 2.28. The van der Waals surface area contributed by atoms with E-state index >= 15 is 0 Å². The number of rotatable bonds is 2. The predicted molar refractivity (Wildman–Crippen MR) is 65.7 cm³/mol. The molecule has 0 saturated heterocycles. The van der Waals surface area contributed by atoms with Crippen molar-refractivity contribution in [3.05, 3.63) is 29.6 Å². The number of pyridine rings is 1. The number of methoxy groups -OCH3 is 1. The van der Waals surface area contributed by atoms with E-state index in [0.29, 0.717) is 17.1 Å². The summed E-state index contributed by atoms with van der Waals surface area (Å²) in [6, 6.07) is 3.76. The van der Waals surface area contributed by atoms with Crippen molar-refractivity contribution in [3.63, 3.8) is 0 Å². The normalized spacial score (nSPS) is 10.3. The number of aryl methyl sites for hydroxylation is 2. The maximum Gasteiger partial charge on any atom is 0.220 e. The molecular weight excluding hydrogens is 216 g/mol. The molecule has 2 heterocycles. The monoisotopic (exact) mass is 230 g/mol. The lowest BCUT2D eigenvalue weighted by molar-refractivity contribution is 0.414. The Morgan fingerprint density at radius 2 is 1.88 bits per heavy atom. The number of hydrogen-bond acceptors (Lipinski definition) is 5. The quantitative estimate of drug-likeness (QED) is 0.850. The van der Waals surface area contributed by atoms with Crippen molar-refractivity contribution < 1.29 is 4.74 Å². The van der Waals surface area contributed by atoms with Crippen molar-refractivity contribution in [2.75, 3.05) is 12.8 Å². The highest BCUT2D eigenvalue weighted by Gasteiger charge is 2.12. The minimum absolute atomic E-state index is 0.232. The predicted octanol–water partition coefficient (Wildman–Crippen LogP) is 1.75. The van der Waals surface area contributed by atoms with E-state index in [-0.39, 0.29) is 5.95 Å². The molecule has 5 heteroatoms. The van der Waals surface area contributed by atoms with E-state index in [4.69, 9.17) is 10.5 Å². The molecular formula is C12H14N4O. The summed E-state index contributed by atoms with van der Waals surface area (Å²) >= 11 is 0. The summed E-state index contributed by atoms with van der Waals surface area (Å²) in [4.78, 5) is 12.6. The highest BCUT2D eigenvalue weighted by atomic mass is 16.5. The van der Waals surface area contributed by atoms with Crippen LogP contribution in [-0.2, 0) is 0 Å². The van der Waals surface area contributed by atoms with Gasteiger partial charge in [0.15, 0.2) is 0 Å². The Hall–Kier alpha value is -2.17. The summed E-state index contributed by atoms with van der Waals surface area (Å²) < 4.78 is 5.29. The van der Waals surface area contributed by atoms with Crippen LogP contribution in [0, 0.1) is 13.8 Å². The van der Waals surface area contributed by atoms with E-state index in [1.165, 1.54) is 0 Å². The third-order valence-electron chi connectivity index (χ3n) is 2.43. The van der Waals surface area contributed by atoms with E-state index in [9.17, 15) is 0 Å². The lowest BCUT2D eigenvalue weighted by Gasteiger charge is -2.10. The molecule has 0 aromatic carbocycles. The fraction of sp³-hybridized carbons (Fsp3) is 0.250. The SMILES string of the molecule is COc1ccc(C)nc1-c1nc(N)ncc1C. The molecule has 0 spiro atoms. The minimum Gasteiger partial charge on any atom is -0.494 e. The second-order valence-corrected chi connectivity index (χ2v) is 3.76. The molecule has 2 aromatic rings. The van der Waals surface area contributed by atoms with Gasteiger partial charge in [-0.1, -0.05) is 0 Å². The van der Waals surface area contributed by atoms with Gasteiger partial charge in [0.05, 0.1) is 7.11 Å². The van der Waals surface area contributed by atoms with Crippen LogP contribution in [0.25, 0.3) is 11.4 Å². The zero-order valence-corrected chi connectivity index (χ0v) is 10.1. The summed E-state index contributed by atoms with van der Waals surface area (Å²) in [6.45, 7) is 3.83. The standard InChI is InChI=1S/C12H14N4O/c1-7-6-14-12(13)16-10(7)11-9(17-3)5-4-8(2)15-11/h4-6H,1-3H3,(H2,13,14,16). The lowest BCUT2D eigenvalue weighted by Crippen LogP contribution is -2.01. The third kappa shape index (κ3) is 2.18. The minimum atomic E-state index is 0.232. The molecule has 0 unspecified atom stereocenters. The second kappa shape index (κ2) is 4.37. The topological polar surface area (TPSA) is 73.9 Å². The highest BCUT2D eigenvalue weighted by molar-refractivity contribution is 5.66. The second-order valence-electron chi connectivity index (χ2n) is 3.76. The fourth-order valence-corrected chi connectivity index (χ4v) is 1.57. The smallest absolute Gasteiger partial charge is 0.220 e. The van der Waals surface area contributed by atoms with Gasteiger partial charge >= 0.3 is 0 Å². The molecule has 0 aliphatic heterocycles. The van der Waals surface area contributed by atoms with Crippen LogP contribution < -0.4 is 10.5 Å². The maximum atomic E-state index is 5.60. The number of nitrogen functional groups attached to an aromatic ring is 1. The van der Waals surface area contributed by atoms with Gasteiger partial charge in [0, 0.05) is 11.9 Å². The first kappa shape index (κ1) is 11.3. The fourth-order valence-electron chi connectivity index (χ4n) is 1.57. The van der Waals surface area contributed by atoms with Crippen molar-refractivity contribution >= 4 is 5.95 Å². The van der Waals surface area contributed by atoms with Crippen LogP contribution in [0.1, 0.15) is 11.3 Å². The molecule has 2 rings (SSSR count). The summed E-state index contributed by atoms with van der Waals surface area (Å²) in [5.41, 5.74) is 8.82. The molecule has 5 nitrogen and oxygen atoms in total. The number of ether oxygens (including phenoxy) is 1. The van der Waals surface area contributed by atoms with Crippen LogP contribution in [0.4, 0.5) is 5.95 Å². The first-order valence-electron chi connectivity index (χ1n) is 5.23. The average Bonchev–Trinajstić information content (AvgIpc) is 2.32. The first-order valence-corrected chi connectivity index (χ1v) is 5.23. The zero-order valence-electron chi connectivity index (χ0n) is 10.1. The summed E-state index contributed by atoms with van der Waals surface area (Å²) in [5.74, 6) is 0.910. The Morgan fingerprint density at radius 1 is 1.12 bits per heavy atom. The molecule has 2 N–H and O–H groups in total. The van der Waals surface area contributed by atoms with E-state index in [2.05, 4.69) is 15.0 Å². The van der Waals surface area contributed by atoms with E-state index in [0.717, 1.165) is 11.3 Å². The van der Waals surface area contributed by atoms with Crippen LogP contribution in [0.2, 0.25) is 0 Å². The van der Waals surface area contributed by atoms with Crippen LogP contribution >= 0.6 is 0 Å². The molecule has 0 amide bonds. The molecule has 0 bridgehead atoms. The number of anilines is 1. The van der Waals surface area contributed by atoms with Gasteiger partial charge in [0.2, 0.25) is 5.95 Å². The molecule has 17 heavy (non-hydrogen) atoms. The largest absolute Gasteiger partial charge is 0.494 e. The van der Waals surface area contributed by atoms with Crippen LogP contribution in [0.15, 0.2) is 18.3 Å². The summed E-state index contributed by atoms with van der Waals surface area (Å²) in [7, 11) is 1.61. The molecule has 2 aromatic heterocycles. The van der Waals surface area contributed by atoms with Crippen LogP contribution in [0.5, 0.6) is 5.75 Å². The van der Waals surface area contributed by atoms with Gasteiger partial charge in [-0.3, -0.25) is 0 Å². The van der Waals surface area contributed by atoms with E-state index < -0.39 is 0 Å². The van der Waals surface area contributed by atoms with Gasteiger partial charge < -0.3 is 10.5 Å². The van der Waals surface area contributed by atoms with Gasteiger partial charge in [0.25, 0.3) is 0 Å². The number of aromatic nitrogens is 3. The average molecular weight is 230 g/mol. The Morgan fingerprint density at radius 3 is 2.59 bits per heavy atom. The van der Waals surface area contributed by atoms with Gasteiger partial charge in [-0.2, -0.15) is 0 Å². The Bertz CT molecular complexity index is 554. The Balaban J connectivity index is 2.66. The van der Waals surface area contributed by atoms with Crippen molar-refractivity contribution in [2.24, 2.45) is 0 Å². The molecule has 88 valence electrons. The van der Waals surface area contributed by atoms with Crippen LogP contribution in [-0.4, -0.2) is 22.1 Å². The Kier molecular flexibility index (Phi) is 2.91. The lowest BCUT2D eigenvalue weighted by atomic mass is 10.1. The number of nitrogens with two attached hydrogens (primary N) is 1. The van der Waals surface area contributed by atoms with Gasteiger partial charge in [-0.05, 0) is 31.5 Å². The molecule has 0 aliphatic rings. The van der Waals surface area contributed by atoms with E-state index in [1.54, 1.807) is 13.3 Å². The first-order chi connectivity index (χ1) is 8.11.